The molecule has 1 saturated heterocycles. The van der Waals surface area contributed by atoms with Crippen molar-refractivity contribution in [1.29, 1.82) is 0 Å². The van der Waals surface area contributed by atoms with Crippen molar-refractivity contribution < 1.29 is 14.1 Å². The molecule has 0 radical (unpaired) electrons. The van der Waals surface area contributed by atoms with Crippen molar-refractivity contribution >= 4 is 11.8 Å². The number of nitrogens with zero attached hydrogens (tertiary/aromatic N) is 4. The van der Waals surface area contributed by atoms with Crippen molar-refractivity contribution in [2.75, 3.05) is 25.0 Å². The molecule has 2 N–H and O–H groups in total. The molecule has 1 aliphatic rings. The van der Waals surface area contributed by atoms with Crippen molar-refractivity contribution in [3.63, 3.8) is 0 Å². The lowest BCUT2D eigenvalue weighted by molar-refractivity contribution is -0.124. The van der Waals surface area contributed by atoms with Crippen LogP contribution in [-0.4, -0.2) is 56.9 Å². The van der Waals surface area contributed by atoms with E-state index in [1.165, 1.54) is 0 Å². The fourth-order valence-corrected chi connectivity index (χ4v) is 2.79. The molecule has 9 nitrogen and oxygen atoms in total. The summed E-state index contributed by atoms with van der Waals surface area (Å²) in [6.07, 6.45) is 1.63. The van der Waals surface area contributed by atoms with Gasteiger partial charge < -0.3 is 9.26 Å². The number of morpholine rings is 1. The van der Waals surface area contributed by atoms with Gasteiger partial charge in [-0.1, -0.05) is 12.1 Å². The van der Waals surface area contributed by atoms with Crippen LogP contribution in [-0.2, 0) is 16.0 Å². The van der Waals surface area contributed by atoms with Crippen LogP contribution in [0.1, 0.15) is 43.7 Å². The van der Waals surface area contributed by atoms with Crippen LogP contribution in [0.5, 0.6) is 0 Å². The van der Waals surface area contributed by atoms with Gasteiger partial charge in [-0.25, -0.2) is 4.98 Å². The number of H-pyrrole nitrogens is 1. The lowest BCUT2D eigenvalue weighted by Crippen LogP contribution is -2.48. The lowest BCUT2D eigenvalue weighted by atomic mass is 10.2. The van der Waals surface area contributed by atoms with Crippen LogP contribution in [0.3, 0.4) is 0 Å². The van der Waals surface area contributed by atoms with E-state index >= 15 is 0 Å². The average molecular weight is 348 g/mol. The van der Waals surface area contributed by atoms with E-state index in [-0.39, 0.29) is 18.1 Å². The maximum atomic E-state index is 12.4. The largest absolute Gasteiger partial charge is 0.367 e. The Balaban J connectivity index is 1.60. The zero-order valence-electron chi connectivity index (χ0n) is 14.8. The van der Waals surface area contributed by atoms with Gasteiger partial charge in [-0.05, 0) is 20.3 Å². The van der Waals surface area contributed by atoms with Gasteiger partial charge in [0, 0.05) is 25.6 Å². The third-order valence-corrected chi connectivity index (χ3v) is 4.22. The maximum absolute atomic E-state index is 12.4. The highest BCUT2D eigenvalue weighted by atomic mass is 16.5. The van der Waals surface area contributed by atoms with Gasteiger partial charge in [-0.2, -0.15) is 5.10 Å². The van der Waals surface area contributed by atoms with Crippen molar-refractivity contribution in [2.45, 2.75) is 45.8 Å². The van der Waals surface area contributed by atoms with Gasteiger partial charge in [0.2, 0.25) is 11.8 Å². The van der Waals surface area contributed by atoms with E-state index in [9.17, 15) is 4.79 Å². The molecule has 3 heterocycles. The van der Waals surface area contributed by atoms with Crippen molar-refractivity contribution in [2.24, 2.45) is 0 Å². The molecule has 0 aromatic carbocycles. The first-order valence-corrected chi connectivity index (χ1v) is 8.57. The van der Waals surface area contributed by atoms with E-state index in [2.05, 4.69) is 37.5 Å². The van der Waals surface area contributed by atoms with Crippen LogP contribution >= 0.6 is 0 Å². The molecule has 1 amide bonds. The maximum Gasteiger partial charge on any atom is 0.243 e. The lowest BCUT2D eigenvalue weighted by Gasteiger charge is -2.34. The number of carbonyl (C=O) groups excluding carboxylic acids is 1. The molecule has 1 fully saturated rings. The fourth-order valence-electron chi connectivity index (χ4n) is 2.79. The minimum absolute atomic E-state index is 0.140. The minimum Gasteiger partial charge on any atom is -0.367 e. The summed E-state index contributed by atoms with van der Waals surface area (Å²) in [6.45, 7) is 7.53. The molecule has 0 spiro atoms. The Hall–Kier alpha value is -2.26. The molecule has 2 atom stereocenters. The Kier molecular flexibility index (Phi) is 5.44. The van der Waals surface area contributed by atoms with E-state index in [4.69, 9.17) is 9.26 Å². The van der Waals surface area contributed by atoms with Gasteiger partial charge >= 0.3 is 0 Å². The first-order chi connectivity index (χ1) is 12.1. The monoisotopic (exact) mass is 348 g/mol. The summed E-state index contributed by atoms with van der Waals surface area (Å²) in [5.74, 6) is 1.73. The number of anilines is 1. The molecule has 136 valence electrons. The van der Waals surface area contributed by atoms with Crippen LogP contribution in [0.15, 0.2) is 10.6 Å². The van der Waals surface area contributed by atoms with Crippen molar-refractivity contribution in [3.8, 4) is 0 Å². The van der Waals surface area contributed by atoms with Gasteiger partial charge in [-0.3, -0.25) is 20.1 Å². The molecular formula is C16H24N6O3. The molecule has 1 aliphatic heterocycles. The molecule has 0 saturated carbocycles. The summed E-state index contributed by atoms with van der Waals surface area (Å²) >= 11 is 0. The number of carbonyl (C=O) groups is 1. The smallest absolute Gasteiger partial charge is 0.243 e. The average Bonchev–Trinajstić information content (AvgIpc) is 3.24. The topological polar surface area (TPSA) is 109 Å². The third-order valence-electron chi connectivity index (χ3n) is 4.22. The molecule has 0 unspecified atom stereocenters. The number of ether oxygens (including phenoxy) is 1. The van der Waals surface area contributed by atoms with E-state index in [0.717, 1.165) is 24.4 Å². The number of aromatic nitrogens is 4. The molecule has 25 heavy (non-hydrogen) atoms. The van der Waals surface area contributed by atoms with Gasteiger partial charge in [0.25, 0.3) is 0 Å². The molecule has 2 aromatic rings. The quantitative estimate of drug-likeness (QED) is 0.813. The third kappa shape index (κ3) is 4.23. The van der Waals surface area contributed by atoms with Crippen LogP contribution in [0.4, 0.5) is 5.88 Å². The molecule has 0 bridgehead atoms. The Morgan fingerprint density at radius 1 is 1.56 bits per heavy atom. The Morgan fingerprint density at radius 2 is 2.40 bits per heavy atom. The zero-order valence-corrected chi connectivity index (χ0v) is 14.8. The second kappa shape index (κ2) is 7.75. The highest BCUT2D eigenvalue weighted by molar-refractivity contribution is 5.93. The normalized spacial score (nSPS) is 19.7. The molecule has 3 rings (SSSR count). The highest BCUT2D eigenvalue weighted by Crippen LogP contribution is 2.21. The summed E-state index contributed by atoms with van der Waals surface area (Å²) in [6, 6.07) is 1.36. The van der Waals surface area contributed by atoms with E-state index in [1.54, 1.807) is 13.0 Å². The SMILES string of the molecule is CCCc1nc([C@H]2CN([C@H](C)C(=O)Nc3cc(C)no3)CCO2)n[nH]1. The number of hydrogen-bond donors (Lipinski definition) is 2. The van der Waals surface area contributed by atoms with E-state index < -0.39 is 0 Å². The van der Waals surface area contributed by atoms with Crippen LogP contribution in [0.2, 0.25) is 0 Å². The standard InChI is InChI=1S/C16H24N6O3/c1-4-5-13-17-15(20-19-13)12-9-22(6-7-24-12)11(3)16(23)18-14-8-10(2)21-25-14/h8,11-12H,4-7,9H2,1-3H3,(H,18,23)(H,17,19,20)/t11-,12-/m1/s1. The summed E-state index contributed by atoms with van der Waals surface area (Å²) in [7, 11) is 0. The number of hydrogen-bond acceptors (Lipinski definition) is 7. The number of aryl methyl sites for hydroxylation is 2. The predicted molar refractivity (Wildman–Crippen MR) is 90.0 cm³/mol. The van der Waals surface area contributed by atoms with Gasteiger partial charge in [0.05, 0.1) is 18.3 Å². The number of rotatable bonds is 6. The molecule has 9 heteroatoms. The van der Waals surface area contributed by atoms with Gasteiger partial charge in [0.1, 0.15) is 11.9 Å². The van der Waals surface area contributed by atoms with Crippen molar-refractivity contribution in [1.82, 2.24) is 25.2 Å². The first kappa shape index (κ1) is 17.6. The van der Waals surface area contributed by atoms with Gasteiger partial charge in [-0.15, -0.1) is 0 Å². The zero-order chi connectivity index (χ0) is 17.8. The van der Waals surface area contributed by atoms with Crippen LogP contribution in [0.25, 0.3) is 0 Å². The highest BCUT2D eigenvalue weighted by Gasteiger charge is 2.31. The number of aromatic amines is 1. The Labute approximate surface area is 146 Å². The van der Waals surface area contributed by atoms with E-state index in [0.29, 0.717) is 31.4 Å². The predicted octanol–water partition coefficient (Wildman–Crippen LogP) is 1.45. The first-order valence-electron chi connectivity index (χ1n) is 8.57. The molecule has 2 aromatic heterocycles. The fraction of sp³-hybridized carbons (Fsp3) is 0.625. The van der Waals surface area contributed by atoms with Gasteiger partial charge in [0.15, 0.2) is 5.82 Å². The summed E-state index contributed by atoms with van der Waals surface area (Å²) < 4.78 is 10.8. The number of amides is 1. The molecule has 0 aliphatic carbocycles. The second-order valence-electron chi connectivity index (χ2n) is 6.24. The summed E-state index contributed by atoms with van der Waals surface area (Å²) in [4.78, 5) is 19.0. The van der Waals surface area contributed by atoms with Crippen LogP contribution < -0.4 is 5.32 Å². The van der Waals surface area contributed by atoms with E-state index in [1.807, 2.05) is 6.92 Å². The minimum atomic E-state index is -0.328. The Morgan fingerprint density at radius 3 is 3.12 bits per heavy atom. The summed E-state index contributed by atoms with van der Waals surface area (Å²) in [5, 5.41) is 13.7. The van der Waals surface area contributed by atoms with Crippen molar-refractivity contribution in [3.05, 3.63) is 23.4 Å². The Bertz CT molecular complexity index is 712. The number of nitrogens with one attached hydrogen (secondary N) is 2. The van der Waals surface area contributed by atoms with Crippen LogP contribution in [0, 0.1) is 6.92 Å². The molecular weight excluding hydrogens is 324 g/mol. The second-order valence-corrected chi connectivity index (χ2v) is 6.24. The summed E-state index contributed by atoms with van der Waals surface area (Å²) in [5.41, 5.74) is 0.724.